The van der Waals surface area contributed by atoms with Crippen LogP contribution in [-0.4, -0.2) is 18.2 Å². The summed E-state index contributed by atoms with van der Waals surface area (Å²) in [5.41, 5.74) is 0. The summed E-state index contributed by atoms with van der Waals surface area (Å²) in [6.45, 7) is 8.60. The van der Waals surface area contributed by atoms with Crippen molar-refractivity contribution in [2.45, 2.75) is 0 Å². The largest absolute Gasteiger partial charge is 0.345 e. The van der Waals surface area contributed by atoms with Crippen molar-refractivity contribution in [3.63, 3.8) is 0 Å². The maximum Gasteiger partial charge on any atom is 0.194 e. The lowest BCUT2D eigenvalue weighted by Crippen LogP contribution is -1.62. The average molecular weight is 122 g/mol. The molecule has 0 bridgehead atoms. The molecule has 1 N–H and O–H groups in total. The molecular formula is C4H11O2P. The van der Waals surface area contributed by atoms with Crippen LogP contribution in [0.5, 0.6) is 0 Å². The molecule has 0 unspecified atom stereocenters. The Morgan fingerprint density at radius 3 is 1.43 bits per heavy atom. The van der Waals surface area contributed by atoms with Gasteiger partial charge in [-0.25, -0.2) is 0 Å². The van der Waals surface area contributed by atoms with Gasteiger partial charge < -0.3 is 4.89 Å². The second-order valence-corrected chi connectivity index (χ2v) is 3.88. The third-order valence-corrected chi connectivity index (χ3v) is 0. The lowest BCUT2D eigenvalue weighted by atomic mass is 11.3. The number of rotatable bonds is 0. The van der Waals surface area contributed by atoms with Gasteiger partial charge in [0.15, 0.2) is 7.37 Å². The normalized spacial score (nSPS) is 9.00. The maximum atomic E-state index is 9.77. The maximum absolute atomic E-state index is 9.77. The van der Waals surface area contributed by atoms with Gasteiger partial charge in [0.2, 0.25) is 0 Å². The van der Waals surface area contributed by atoms with Gasteiger partial charge in [-0.1, -0.05) is 0 Å². The molecule has 7 heavy (non-hydrogen) atoms. The molecule has 0 saturated carbocycles. The molecule has 0 fully saturated rings. The molecule has 0 rings (SSSR count). The Labute approximate surface area is 44.3 Å². The molecule has 0 aromatic carbocycles. The van der Waals surface area contributed by atoms with Crippen LogP contribution in [0.1, 0.15) is 0 Å². The first-order valence-electron chi connectivity index (χ1n) is 1.78. The Kier molecular flexibility index (Phi) is 5.87. The Hall–Kier alpha value is -0.0700. The van der Waals surface area contributed by atoms with Crippen molar-refractivity contribution >= 4 is 7.37 Å². The van der Waals surface area contributed by atoms with E-state index in [1.165, 1.54) is 13.3 Å². The first-order chi connectivity index (χ1) is 3.00. The Bertz CT molecular complexity index is 65.5. The highest BCUT2D eigenvalue weighted by Gasteiger charge is 1.92. The third-order valence-electron chi connectivity index (χ3n) is 0. The van der Waals surface area contributed by atoms with Crippen LogP contribution in [0.2, 0.25) is 0 Å². The van der Waals surface area contributed by atoms with E-state index in [4.69, 9.17) is 4.89 Å². The molecule has 0 amide bonds. The van der Waals surface area contributed by atoms with E-state index >= 15 is 0 Å². The first-order valence-corrected chi connectivity index (χ1v) is 4.33. The predicted molar refractivity (Wildman–Crippen MR) is 32.9 cm³/mol. The van der Waals surface area contributed by atoms with E-state index in [1.54, 1.807) is 0 Å². The van der Waals surface area contributed by atoms with Crippen molar-refractivity contribution in [3.8, 4) is 0 Å². The van der Waals surface area contributed by atoms with Gasteiger partial charge in [-0.2, -0.15) is 0 Å². The van der Waals surface area contributed by atoms with Crippen molar-refractivity contribution in [1.82, 2.24) is 0 Å². The number of hydrogen-bond donors (Lipinski definition) is 1. The molecule has 2 nitrogen and oxygen atoms in total. The molecule has 0 aromatic rings. The molecule has 0 aliphatic carbocycles. The SMILES string of the molecule is C=C.CP(C)(=O)O. The van der Waals surface area contributed by atoms with Crippen LogP contribution in [-0.2, 0) is 4.57 Å². The zero-order chi connectivity index (χ0) is 6.50. The Morgan fingerprint density at radius 2 is 1.43 bits per heavy atom. The third kappa shape index (κ3) is 18700. The molecule has 0 radical (unpaired) electrons. The van der Waals surface area contributed by atoms with Crippen LogP contribution in [0, 0.1) is 0 Å². The molecular weight excluding hydrogens is 111 g/mol. The number of hydrogen-bond acceptors (Lipinski definition) is 1. The molecule has 0 spiro atoms. The molecule has 0 aliphatic heterocycles. The summed E-state index contributed by atoms with van der Waals surface area (Å²) >= 11 is 0. The fourth-order valence-electron chi connectivity index (χ4n) is 0. The lowest BCUT2D eigenvalue weighted by molar-refractivity contribution is 0.492. The molecule has 0 aromatic heterocycles. The Balaban J connectivity index is 0. The van der Waals surface area contributed by atoms with Crippen molar-refractivity contribution < 1.29 is 9.46 Å². The highest BCUT2D eigenvalue weighted by atomic mass is 31.2. The minimum absolute atomic E-state index is 1.30. The minimum Gasteiger partial charge on any atom is -0.345 e. The second-order valence-electron chi connectivity index (χ2n) is 1.29. The van der Waals surface area contributed by atoms with Gasteiger partial charge in [-0.05, 0) is 0 Å². The molecule has 0 heterocycles. The summed E-state index contributed by atoms with van der Waals surface area (Å²) < 4.78 is 9.77. The fourth-order valence-corrected chi connectivity index (χ4v) is 0. The van der Waals surface area contributed by atoms with Crippen LogP contribution >= 0.6 is 7.37 Å². The van der Waals surface area contributed by atoms with E-state index < -0.39 is 7.37 Å². The van der Waals surface area contributed by atoms with Gasteiger partial charge in [-0.15, -0.1) is 13.2 Å². The van der Waals surface area contributed by atoms with Gasteiger partial charge in [0.05, 0.1) is 0 Å². The van der Waals surface area contributed by atoms with E-state index in [2.05, 4.69) is 13.2 Å². The quantitative estimate of drug-likeness (QED) is 0.388. The summed E-state index contributed by atoms with van der Waals surface area (Å²) in [7, 11) is -2.64. The fraction of sp³-hybridized carbons (Fsp3) is 0.500. The van der Waals surface area contributed by atoms with Crippen LogP contribution in [0.15, 0.2) is 13.2 Å². The topological polar surface area (TPSA) is 37.3 Å². The summed E-state index contributed by atoms with van der Waals surface area (Å²) in [5.74, 6) is 0. The van der Waals surface area contributed by atoms with Gasteiger partial charge in [-0.3, -0.25) is 4.57 Å². The molecule has 0 atom stereocenters. The molecule has 0 aliphatic rings. The predicted octanol–water partition coefficient (Wildman–Crippen LogP) is 1.32. The van der Waals surface area contributed by atoms with Gasteiger partial charge in [0, 0.05) is 13.3 Å². The minimum atomic E-state index is -2.64. The van der Waals surface area contributed by atoms with E-state index in [9.17, 15) is 4.57 Å². The molecule has 0 saturated heterocycles. The molecule has 3 heteroatoms. The summed E-state index contributed by atoms with van der Waals surface area (Å²) in [6, 6.07) is 0. The lowest BCUT2D eigenvalue weighted by Gasteiger charge is -1.86. The van der Waals surface area contributed by atoms with Gasteiger partial charge in [0.1, 0.15) is 0 Å². The highest BCUT2D eigenvalue weighted by Crippen LogP contribution is 2.27. The smallest absolute Gasteiger partial charge is 0.194 e. The average Bonchev–Trinajstić information content (AvgIpc) is 1.36. The monoisotopic (exact) mass is 122 g/mol. The van der Waals surface area contributed by atoms with Crippen molar-refractivity contribution in [1.29, 1.82) is 0 Å². The van der Waals surface area contributed by atoms with E-state index in [-0.39, 0.29) is 0 Å². The second kappa shape index (κ2) is 4.10. The van der Waals surface area contributed by atoms with E-state index in [0.29, 0.717) is 0 Å². The van der Waals surface area contributed by atoms with Crippen molar-refractivity contribution in [2.75, 3.05) is 13.3 Å². The van der Waals surface area contributed by atoms with Crippen LogP contribution in [0.25, 0.3) is 0 Å². The summed E-state index contributed by atoms with van der Waals surface area (Å²) in [5, 5.41) is 0. The summed E-state index contributed by atoms with van der Waals surface area (Å²) in [4.78, 5) is 8.08. The van der Waals surface area contributed by atoms with E-state index in [0.717, 1.165) is 0 Å². The van der Waals surface area contributed by atoms with Crippen molar-refractivity contribution in [3.05, 3.63) is 13.2 Å². The van der Waals surface area contributed by atoms with E-state index in [1.807, 2.05) is 0 Å². The zero-order valence-corrected chi connectivity index (χ0v) is 5.61. The van der Waals surface area contributed by atoms with Crippen LogP contribution < -0.4 is 0 Å². The standard InChI is InChI=1S/C2H7O2P.C2H4/c1-5(2,3)4;1-2/h1-2H3,(H,3,4);1-2H2. The van der Waals surface area contributed by atoms with Crippen LogP contribution in [0.4, 0.5) is 0 Å². The zero-order valence-electron chi connectivity index (χ0n) is 4.72. The van der Waals surface area contributed by atoms with Crippen molar-refractivity contribution in [2.24, 2.45) is 0 Å². The summed E-state index contributed by atoms with van der Waals surface area (Å²) in [6.07, 6.45) is 0. The van der Waals surface area contributed by atoms with Crippen LogP contribution in [0.3, 0.4) is 0 Å². The Morgan fingerprint density at radius 1 is 1.43 bits per heavy atom. The molecule has 44 valence electrons. The van der Waals surface area contributed by atoms with Gasteiger partial charge >= 0.3 is 0 Å². The van der Waals surface area contributed by atoms with Gasteiger partial charge in [0.25, 0.3) is 0 Å². The first kappa shape index (κ1) is 10.0. The highest BCUT2D eigenvalue weighted by molar-refractivity contribution is 7.56.